The van der Waals surface area contributed by atoms with Crippen LogP contribution >= 0.6 is 0 Å². The third-order valence-electron chi connectivity index (χ3n) is 2.64. The second-order valence-electron chi connectivity index (χ2n) is 4.22. The molecule has 4 nitrogen and oxygen atoms in total. The summed E-state index contributed by atoms with van der Waals surface area (Å²) >= 11 is 0. The first-order valence-corrected chi connectivity index (χ1v) is 5.78. The van der Waals surface area contributed by atoms with Crippen molar-refractivity contribution in [1.82, 2.24) is 15.5 Å². The van der Waals surface area contributed by atoms with Crippen molar-refractivity contribution in [2.24, 2.45) is 0 Å². The van der Waals surface area contributed by atoms with E-state index in [-0.39, 0.29) is 11.9 Å². The molecular formula is C13H21N3O. The van der Waals surface area contributed by atoms with Crippen molar-refractivity contribution < 1.29 is 4.79 Å². The molecule has 0 aliphatic carbocycles. The normalized spacial score (nSPS) is 12.5. The van der Waals surface area contributed by atoms with E-state index in [0.717, 1.165) is 0 Å². The summed E-state index contributed by atoms with van der Waals surface area (Å²) in [5, 5.41) is 5.75. The van der Waals surface area contributed by atoms with Gasteiger partial charge in [0.1, 0.15) is 0 Å². The predicted molar refractivity (Wildman–Crippen MR) is 69.8 cm³/mol. The van der Waals surface area contributed by atoms with Gasteiger partial charge in [-0.1, -0.05) is 30.3 Å². The summed E-state index contributed by atoms with van der Waals surface area (Å²) < 4.78 is 0. The van der Waals surface area contributed by atoms with E-state index in [1.54, 1.807) is 7.05 Å². The first-order valence-electron chi connectivity index (χ1n) is 5.78. The van der Waals surface area contributed by atoms with Crippen LogP contribution in [0.3, 0.4) is 0 Å². The molecule has 0 bridgehead atoms. The zero-order valence-electron chi connectivity index (χ0n) is 10.7. The summed E-state index contributed by atoms with van der Waals surface area (Å²) in [6, 6.07) is 10.4. The summed E-state index contributed by atoms with van der Waals surface area (Å²) in [5.41, 5.74) is 1.21. The highest BCUT2D eigenvalue weighted by atomic mass is 16.1. The number of hydrogen-bond donors (Lipinski definition) is 2. The molecule has 94 valence electrons. The molecule has 0 saturated heterocycles. The van der Waals surface area contributed by atoms with Crippen LogP contribution in [0.25, 0.3) is 0 Å². The Morgan fingerprint density at radius 3 is 2.47 bits per heavy atom. The molecule has 0 heterocycles. The molecule has 17 heavy (non-hydrogen) atoms. The maximum atomic E-state index is 11.4. The lowest BCUT2D eigenvalue weighted by Gasteiger charge is -2.25. The lowest BCUT2D eigenvalue weighted by atomic mass is 10.1. The molecule has 0 radical (unpaired) electrons. The Morgan fingerprint density at radius 1 is 1.29 bits per heavy atom. The molecule has 1 aromatic carbocycles. The van der Waals surface area contributed by atoms with Crippen LogP contribution in [0.1, 0.15) is 11.6 Å². The van der Waals surface area contributed by atoms with Crippen molar-refractivity contribution in [2.45, 2.75) is 6.04 Å². The van der Waals surface area contributed by atoms with E-state index in [1.807, 2.05) is 32.3 Å². The number of carbonyl (C=O) groups is 1. The molecule has 0 aliphatic rings. The van der Waals surface area contributed by atoms with Crippen LogP contribution in [-0.2, 0) is 4.79 Å². The highest BCUT2D eigenvalue weighted by Crippen LogP contribution is 2.16. The first kappa shape index (κ1) is 13.7. The quantitative estimate of drug-likeness (QED) is 0.760. The fourth-order valence-electron chi connectivity index (χ4n) is 1.71. The van der Waals surface area contributed by atoms with Gasteiger partial charge in [0.2, 0.25) is 5.91 Å². The number of amides is 1. The summed E-state index contributed by atoms with van der Waals surface area (Å²) in [5.74, 6) is 0.0234. The average molecular weight is 235 g/mol. The van der Waals surface area contributed by atoms with Gasteiger partial charge < -0.3 is 15.5 Å². The second kappa shape index (κ2) is 7.04. The number of nitrogens with one attached hydrogen (secondary N) is 2. The second-order valence-corrected chi connectivity index (χ2v) is 4.22. The molecule has 1 rings (SSSR count). The Hall–Kier alpha value is -1.39. The highest BCUT2D eigenvalue weighted by Gasteiger charge is 2.14. The summed E-state index contributed by atoms with van der Waals surface area (Å²) in [7, 11) is 5.80. The van der Waals surface area contributed by atoms with Crippen molar-refractivity contribution in [3.05, 3.63) is 35.9 Å². The minimum Gasteiger partial charge on any atom is -0.353 e. The molecule has 1 unspecified atom stereocenters. The molecule has 4 heteroatoms. The molecule has 0 aliphatic heterocycles. The molecule has 1 atom stereocenters. The van der Waals surface area contributed by atoms with E-state index in [9.17, 15) is 4.79 Å². The van der Waals surface area contributed by atoms with Gasteiger partial charge in [0.25, 0.3) is 0 Å². The Morgan fingerprint density at radius 2 is 1.94 bits per heavy atom. The van der Waals surface area contributed by atoms with Crippen molar-refractivity contribution in [1.29, 1.82) is 0 Å². The zero-order chi connectivity index (χ0) is 12.7. The summed E-state index contributed by atoms with van der Waals surface area (Å²) in [6.45, 7) is 0.979. The van der Waals surface area contributed by atoms with Gasteiger partial charge in [-0.05, 0) is 26.7 Å². The van der Waals surface area contributed by atoms with Crippen molar-refractivity contribution >= 4 is 5.91 Å². The summed E-state index contributed by atoms with van der Waals surface area (Å²) in [4.78, 5) is 13.5. The van der Waals surface area contributed by atoms with E-state index in [2.05, 4.69) is 27.7 Å². The van der Waals surface area contributed by atoms with Gasteiger partial charge in [-0.3, -0.25) is 4.79 Å². The third-order valence-corrected chi connectivity index (χ3v) is 2.64. The number of nitrogens with zero attached hydrogens (tertiary/aromatic N) is 1. The molecule has 1 amide bonds. The lowest BCUT2D eigenvalue weighted by molar-refractivity contribution is -0.120. The number of hydrogen-bond acceptors (Lipinski definition) is 3. The smallest absolute Gasteiger partial charge is 0.234 e. The first-order chi connectivity index (χ1) is 8.15. The molecule has 0 spiro atoms. The number of benzene rings is 1. The zero-order valence-corrected chi connectivity index (χ0v) is 10.7. The Labute approximate surface area is 103 Å². The van der Waals surface area contributed by atoms with Crippen molar-refractivity contribution in [2.75, 3.05) is 34.2 Å². The summed E-state index contributed by atoms with van der Waals surface area (Å²) in [6.07, 6.45) is 0. The average Bonchev–Trinajstić information content (AvgIpc) is 2.30. The van der Waals surface area contributed by atoms with Gasteiger partial charge in [-0.2, -0.15) is 0 Å². The fourth-order valence-corrected chi connectivity index (χ4v) is 1.71. The van der Waals surface area contributed by atoms with E-state index in [4.69, 9.17) is 0 Å². The van der Waals surface area contributed by atoms with Crippen LogP contribution in [0.15, 0.2) is 30.3 Å². The SMILES string of the molecule is CNCC(=O)NCC(c1ccccc1)N(C)C. The molecule has 0 fully saturated rings. The van der Waals surface area contributed by atoms with Crippen LogP contribution in [0, 0.1) is 0 Å². The van der Waals surface area contributed by atoms with E-state index in [1.165, 1.54) is 5.56 Å². The standard InChI is InChI=1S/C13H21N3O/c1-14-10-13(17)15-9-12(16(2)3)11-7-5-4-6-8-11/h4-8,12,14H,9-10H2,1-3H3,(H,15,17). The van der Waals surface area contributed by atoms with E-state index >= 15 is 0 Å². The van der Waals surface area contributed by atoms with Crippen molar-refractivity contribution in [3.8, 4) is 0 Å². The van der Waals surface area contributed by atoms with Gasteiger partial charge >= 0.3 is 0 Å². The van der Waals surface area contributed by atoms with Gasteiger partial charge in [-0.25, -0.2) is 0 Å². The van der Waals surface area contributed by atoms with Crippen LogP contribution in [0.2, 0.25) is 0 Å². The highest BCUT2D eigenvalue weighted by molar-refractivity contribution is 5.77. The maximum Gasteiger partial charge on any atom is 0.234 e. The van der Waals surface area contributed by atoms with Gasteiger partial charge in [0, 0.05) is 6.54 Å². The number of carbonyl (C=O) groups excluding carboxylic acids is 1. The monoisotopic (exact) mass is 235 g/mol. The molecule has 1 aromatic rings. The molecule has 0 saturated carbocycles. The largest absolute Gasteiger partial charge is 0.353 e. The van der Waals surface area contributed by atoms with Gasteiger partial charge in [-0.15, -0.1) is 0 Å². The predicted octanol–water partition coefficient (Wildman–Crippen LogP) is 0.625. The molecular weight excluding hydrogens is 214 g/mol. The lowest BCUT2D eigenvalue weighted by Crippen LogP contribution is -2.38. The van der Waals surface area contributed by atoms with Crippen molar-refractivity contribution in [3.63, 3.8) is 0 Å². The van der Waals surface area contributed by atoms with Gasteiger partial charge in [0.15, 0.2) is 0 Å². The van der Waals surface area contributed by atoms with Crippen LogP contribution in [0.5, 0.6) is 0 Å². The minimum absolute atomic E-state index is 0.0234. The van der Waals surface area contributed by atoms with Crippen LogP contribution in [0.4, 0.5) is 0 Å². The minimum atomic E-state index is 0.0234. The van der Waals surface area contributed by atoms with E-state index < -0.39 is 0 Å². The number of likely N-dealkylation sites (N-methyl/N-ethyl adjacent to an activating group) is 2. The third kappa shape index (κ3) is 4.54. The topological polar surface area (TPSA) is 44.4 Å². The Kier molecular flexibility index (Phi) is 5.66. The van der Waals surface area contributed by atoms with E-state index in [0.29, 0.717) is 13.1 Å². The Balaban J connectivity index is 2.59. The van der Waals surface area contributed by atoms with Crippen LogP contribution in [-0.4, -0.2) is 45.0 Å². The fraction of sp³-hybridized carbons (Fsp3) is 0.462. The van der Waals surface area contributed by atoms with Gasteiger partial charge in [0.05, 0.1) is 12.6 Å². The number of rotatable bonds is 6. The maximum absolute atomic E-state index is 11.4. The molecule has 2 N–H and O–H groups in total. The Bertz CT molecular complexity index is 338. The molecule has 0 aromatic heterocycles. The van der Waals surface area contributed by atoms with Crippen LogP contribution < -0.4 is 10.6 Å².